The molecule has 0 aromatic heterocycles. The van der Waals surface area contributed by atoms with Gasteiger partial charge in [-0.05, 0) is 31.2 Å². The zero-order chi connectivity index (χ0) is 20.9. The number of nitrogens with zero attached hydrogens (tertiary/aromatic N) is 2. The molecule has 0 spiro atoms. The van der Waals surface area contributed by atoms with Gasteiger partial charge in [-0.3, -0.25) is 4.90 Å². The monoisotopic (exact) mass is 422 g/mol. The van der Waals surface area contributed by atoms with E-state index < -0.39 is 10.0 Å². The Morgan fingerprint density at radius 1 is 1.10 bits per heavy atom. The molecular formula is C21H34N4O3S. The molecule has 2 heterocycles. The third-order valence-corrected chi connectivity index (χ3v) is 8.20. The molecule has 2 atom stereocenters. The number of amides is 2. The van der Waals surface area contributed by atoms with Gasteiger partial charge in [0.05, 0.1) is 5.75 Å². The fourth-order valence-electron chi connectivity index (χ4n) is 4.72. The zero-order valence-electron chi connectivity index (χ0n) is 17.5. The lowest BCUT2D eigenvalue weighted by atomic mass is 9.96. The van der Waals surface area contributed by atoms with E-state index in [0.29, 0.717) is 25.2 Å². The Morgan fingerprint density at radius 2 is 1.72 bits per heavy atom. The van der Waals surface area contributed by atoms with Gasteiger partial charge in [-0.2, -0.15) is 0 Å². The van der Waals surface area contributed by atoms with Crippen LogP contribution < -0.4 is 10.6 Å². The van der Waals surface area contributed by atoms with Gasteiger partial charge in [0, 0.05) is 44.3 Å². The molecule has 2 aliphatic rings. The fourth-order valence-corrected chi connectivity index (χ4v) is 6.13. The number of hydrogen-bond donors (Lipinski definition) is 2. The number of carbonyl (C=O) groups excluding carboxylic acids is 1. The molecule has 2 fully saturated rings. The van der Waals surface area contributed by atoms with Gasteiger partial charge >= 0.3 is 6.03 Å². The standard InChI is InChI=1S/C21H34N4O3S/c1-3-24(4-2)29(27,28)13-12-22-21(26)23-18-14-19-10-11-20(15-18)25(19)16-17-8-6-5-7-9-17/h5-9,18-20H,3-4,10-16H2,1-2H3,(H2,22,23,26). The maximum absolute atomic E-state index is 12.3. The first kappa shape index (κ1) is 22.1. The van der Waals surface area contributed by atoms with Crippen molar-refractivity contribution in [3.05, 3.63) is 35.9 Å². The first-order valence-corrected chi connectivity index (χ1v) is 12.4. The smallest absolute Gasteiger partial charge is 0.315 e. The van der Waals surface area contributed by atoms with E-state index in [9.17, 15) is 13.2 Å². The van der Waals surface area contributed by atoms with Crippen molar-refractivity contribution in [2.45, 2.75) is 64.2 Å². The topological polar surface area (TPSA) is 81.8 Å². The van der Waals surface area contributed by atoms with Crippen LogP contribution in [0.1, 0.15) is 45.1 Å². The van der Waals surface area contributed by atoms with Crippen molar-refractivity contribution in [1.82, 2.24) is 19.8 Å². The van der Waals surface area contributed by atoms with Crippen LogP contribution in [0.2, 0.25) is 0 Å². The highest BCUT2D eigenvalue weighted by Gasteiger charge is 2.40. The minimum Gasteiger partial charge on any atom is -0.337 e. The zero-order valence-corrected chi connectivity index (χ0v) is 18.3. The molecule has 162 valence electrons. The second-order valence-corrected chi connectivity index (χ2v) is 10.1. The van der Waals surface area contributed by atoms with Gasteiger partial charge in [0.1, 0.15) is 0 Å². The maximum atomic E-state index is 12.3. The summed E-state index contributed by atoms with van der Waals surface area (Å²) < 4.78 is 25.8. The summed E-state index contributed by atoms with van der Waals surface area (Å²) in [4.78, 5) is 14.9. The molecule has 2 N–H and O–H groups in total. The summed E-state index contributed by atoms with van der Waals surface area (Å²) in [6.07, 6.45) is 4.27. The first-order chi connectivity index (χ1) is 13.9. The normalized spacial score (nSPS) is 24.6. The summed E-state index contributed by atoms with van der Waals surface area (Å²) >= 11 is 0. The number of carbonyl (C=O) groups is 1. The number of rotatable bonds is 9. The van der Waals surface area contributed by atoms with E-state index >= 15 is 0 Å². The predicted molar refractivity (Wildman–Crippen MR) is 115 cm³/mol. The van der Waals surface area contributed by atoms with Crippen LogP contribution in [0.5, 0.6) is 0 Å². The van der Waals surface area contributed by atoms with Gasteiger partial charge in [-0.25, -0.2) is 17.5 Å². The lowest BCUT2D eigenvalue weighted by molar-refractivity contribution is 0.111. The molecule has 0 radical (unpaired) electrons. The summed E-state index contributed by atoms with van der Waals surface area (Å²) in [6, 6.07) is 11.4. The van der Waals surface area contributed by atoms with Crippen LogP contribution in [-0.2, 0) is 16.6 Å². The highest BCUT2D eigenvalue weighted by atomic mass is 32.2. The highest BCUT2D eigenvalue weighted by Crippen LogP contribution is 2.36. The van der Waals surface area contributed by atoms with Gasteiger partial charge in [0.2, 0.25) is 10.0 Å². The van der Waals surface area contributed by atoms with Crippen molar-refractivity contribution in [3.63, 3.8) is 0 Å². The van der Waals surface area contributed by atoms with Gasteiger partial charge < -0.3 is 10.6 Å². The third kappa shape index (κ3) is 5.71. The van der Waals surface area contributed by atoms with Crippen molar-refractivity contribution >= 4 is 16.1 Å². The molecule has 2 aliphatic heterocycles. The molecule has 0 aliphatic carbocycles. The van der Waals surface area contributed by atoms with Crippen LogP contribution in [0, 0.1) is 0 Å². The molecule has 2 unspecified atom stereocenters. The van der Waals surface area contributed by atoms with E-state index in [1.165, 1.54) is 22.7 Å². The van der Waals surface area contributed by atoms with E-state index in [1.807, 2.05) is 19.9 Å². The molecule has 0 saturated carbocycles. The number of urea groups is 1. The van der Waals surface area contributed by atoms with E-state index in [0.717, 1.165) is 19.4 Å². The lowest BCUT2D eigenvalue weighted by Gasteiger charge is -2.39. The third-order valence-electron chi connectivity index (χ3n) is 6.17. The molecule has 3 rings (SSSR count). The molecule has 2 amide bonds. The number of piperidine rings is 1. The van der Waals surface area contributed by atoms with Crippen molar-refractivity contribution < 1.29 is 13.2 Å². The van der Waals surface area contributed by atoms with Crippen LogP contribution >= 0.6 is 0 Å². The molecule has 2 bridgehead atoms. The maximum Gasteiger partial charge on any atom is 0.315 e. The van der Waals surface area contributed by atoms with Gasteiger partial charge in [0.15, 0.2) is 0 Å². The molecule has 2 saturated heterocycles. The minimum absolute atomic E-state index is 0.0666. The van der Waals surface area contributed by atoms with Gasteiger partial charge in [0.25, 0.3) is 0 Å². The minimum atomic E-state index is -3.31. The Balaban J connectivity index is 1.44. The van der Waals surface area contributed by atoms with E-state index in [1.54, 1.807) is 0 Å². The molecular weight excluding hydrogens is 388 g/mol. The lowest BCUT2D eigenvalue weighted by Crippen LogP contribution is -2.52. The van der Waals surface area contributed by atoms with Gasteiger partial charge in [-0.15, -0.1) is 0 Å². The molecule has 29 heavy (non-hydrogen) atoms. The van der Waals surface area contributed by atoms with Crippen LogP contribution in [-0.4, -0.2) is 67.2 Å². The van der Waals surface area contributed by atoms with Crippen LogP contribution in [0.15, 0.2) is 30.3 Å². The van der Waals surface area contributed by atoms with Crippen molar-refractivity contribution in [3.8, 4) is 0 Å². The summed E-state index contributed by atoms with van der Waals surface area (Å²) in [5.74, 6) is -0.0666. The molecule has 1 aromatic carbocycles. The Hall–Kier alpha value is -1.64. The average molecular weight is 423 g/mol. The second-order valence-electron chi connectivity index (χ2n) is 8.01. The van der Waals surface area contributed by atoms with Crippen molar-refractivity contribution in [2.75, 3.05) is 25.4 Å². The fraction of sp³-hybridized carbons (Fsp3) is 0.667. The summed E-state index contributed by atoms with van der Waals surface area (Å²) in [7, 11) is -3.31. The Morgan fingerprint density at radius 3 is 2.31 bits per heavy atom. The number of nitrogens with one attached hydrogen (secondary N) is 2. The highest BCUT2D eigenvalue weighted by molar-refractivity contribution is 7.89. The number of benzene rings is 1. The summed E-state index contributed by atoms with van der Waals surface area (Å²) in [6.45, 7) is 5.65. The Labute approximate surface area is 174 Å². The van der Waals surface area contributed by atoms with Crippen LogP contribution in [0.3, 0.4) is 0 Å². The molecule has 8 heteroatoms. The summed E-state index contributed by atoms with van der Waals surface area (Å²) in [5, 5.41) is 5.78. The first-order valence-electron chi connectivity index (χ1n) is 10.7. The SMILES string of the molecule is CCN(CC)S(=O)(=O)CCNC(=O)NC1CC2CCC(C1)N2Cc1ccccc1. The number of sulfonamides is 1. The second kappa shape index (κ2) is 9.91. The molecule has 1 aromatic rings. The largest absolute Gasteiger partial charge is 0.337 e. The van der Waals surface area contributed by atoms with Gasteiger partial charge in [-0.1, -0.05) is 44.2 Å². The predicted octanol–water partition coefficient (Wildman–Crippen LogP) is 2.15. The Bertz CT molecular complexity index is 753. The van der Waals surface area contributed by atoms with Crippen molar-refractivity contribution in [2.24, 2.45) is 0 Å². The van der Waals surface area contributed by atoms with Crippen molar-refractivity contribution in [1.29, 1.82) is 0 Å². The van der Waals surface area contributed by atoms with E-state index in [2.05, 4.69) is 39.8 Å². The van der Waals surface area contributed by atoms with E-state index in [4.69, 9.17) is 0 Å². The quantitative estimate of drug-likeness (QED) is 0.639. The van der Waals surface area contributed by atoms with Crippen LogP contribution in [0.25, 0.3) is 0 Å². The average Bonchev–Trinajstić information content (AvgIpc) is 2.92. The van der Waals surface area contributed by atoms with E-state index in [-0.39, 0.29) is 24.4 Å². The van der Waals surface area contributed by atoms with Crippen LogP contribution in [0.4, 0.5) is 4.79 Å². The Kier molecular flexibility index (Phi) is 7.54. The number of hydrogen-bond acceptors (Lipinski definition) is 4. The number of fused-ring (bicyclic) bond motifs is 2. The molecule has 7 nitrogen and oxygen atoms in total. The summed E-state index contributed by atoms with van der Waals surface area (Å²) in [5.41, 5.74) is 1.34.